The van der Waals surface area contributed by atoms with Crippen LogP contribution < -0.4 is 14.2 Å². The molecule has 0 radical (unpaired) electrons. The number of ether oxygens (including phenoxy) is 2. The lowest BCUT2D eigenvalue weighted by atomic mass is 10.0. The minimum Gasteiger partial charge on any atom is -0.493 e. The molecular weight excluding hydrogens is 350 g/mol. The molecule has 0 spiro atoms. The smallest absolute Gasteiger partial charge is 0.241 e. The summed E-state index contributed by atoms with van der Waals surface area (Å²) in [6.45, 7) is 1.93. The minimum atomic E-state index is -3.68. The van der Waals surface area contributed by atoms with E-state index in [1.165, 1.54) is 0 Å². The van der Waals surface area contributed by atoms with Crippen LogP contribution in [0.2, 0.25) is 5.02 Å². The zero-order chi connectivity index (χ0) is 17.3. The van der Waals surface area contributed by atoms with Gasteiger partial charge in [-0.05, 0) is 42.7 Å². The second-order valence-electron chi connectivity index (χ2n) is 5.64. The lowest BCUT2D eigenvalue weighted by molar-refractivity contribution is 0.240. The lowest BCUT2D eigenvalue weighted by Gasteiger charge is -2.27. The third kappa shape index (κ3) is 3.22. The van der Waals surface area contributed by atoms with Crippen LogP contribution in [-0.2, 0) is 16.4 Å². The van der Waals surface area contributed by atoms with Crippen molar-refractivity contribution in [2.45, 2.75) is 24.3 Å². The van der Waals surface area contributed by atoms with Crippen molar-refractivity contribution in [3.05, 3.63) is 52.5 Å². The molecule has 24 heavy (non-hydrogen) atoms. The standard InChI is InChI=1S/C17H18ClNO4S/c1-11-14(18)6-4-8-16(11)24(20,21)19-13-9-12-5-3-7-15(22-2)17(12)23-10-13/h3-8,13,19H,9-10H2,1-2H3. The Labute approximate surface area is 146 Å². The van der Waals surface area contributed by atoms with Crippen molar-refractivity contribution in [2.75, 3.05) is 13.7 Å². The van der Waals surface area contributed by atoms with Gasteiger partial charge in [0.15, 0.2) is 11.5 Å². The summed E-state index contributed by atoms with van der Waals surface area (Å²) in [4.78, 5) is 0.187. The van der Waals surface area contributed by atoms with E-state index in [0.29, 0.717) is 28.5 Å². The molecule has 0 aromatic heterocycles. The Morgan fingerprint density at radius 3 is 2.75 bits per heavy atom. The van der Waals surface area contributed by atoms with E-state index in [0.717, 1.165) is 5.56 Å². The summed E-state index contributed by atoms with van der Waals surface area (Å²) >= 11 is 6.03. The fourth-order valence-corrected chi connectivity index (χ4v) is 4.51. The minimum absolute atomic E-state index is 0.187. The van der Waals surface area contributed by atoms with E-state index in [-0.39, 0.29) is 17.5 Å². The van der Waals surface area contributed by atoms with Crippen LogP contribution in [0.25, 0.3) is 0 Å². The Morgan fingerprint density at radius 2 is 2.00 bits per heavy atom. The van der Waals surface area contributed by atoms with E-state index in [1.807, 2.05) is 18.2 Å². The second-order valence-corrected chi connectivity index (χ2v) is 7.73. The summed E-state index contributed by atoms with van der Waals surface area (Å²) in [7, 11) is -2.10. The molecular formula is C17H18ClNO4S. The maximum absolute atomic E-state index is 12.7. The van der Waals surface area contributed by atoms with Crippen LogP contribution in [-0.4, -0.2) is 28.2 Å². The van der Waals surface area contributed by atoms with Crippen LogP contribution in [0.15, 0.2) is 41.3 Å². The molecule has 2 aromatic carbocycles. The monoisotopic (exact) mass is 367 g/mol. The van der Waals surface area contributed by atoms with Crippen molar-refractivity contribution in [1.82, 2.24) is 4.72 Å². The molecule has 1 N–H and O–H groups in total. The van der Waals surface area contributed by atoms with Crippen LogP contribution in [0.3, 0.4) is 0 Å². The first-order valence-corrected chi connectivity index (χ1v) is 9.34. The molecule has 3 rings (SSSR count). The molecule has 0 aliphatic carbocycles. The number of benzene rings is 2. The maximum Gasteiger partial charge on any atom is 0.241 e. The first-order valence-electron chi connectivity index (χ1n) is 7.48. The first-order chi connectivity index (χ1) is 11.4. The predicted molar refractivity (Wildman–Crippen MR) is 92.5 cm³/mol. The molecule has 1 unspecified atom stereocenters. The quantitative estimate of drug-likeness (QED) is 0.902. The summed E-state index contributed by atoms with van der Waals surface area (Å²) in [6, 6.07) is 10.1. The zero-order valence-corrected chi connectivity index (χ0v) is 14.9. The molecule has 1 heterocycles. The Morgan fingerprint density at radius 1 is 1.25 bits per heavy atom. The normalized spacial score (nSPS) is 17.0. The molecule has 0 saturated heterocycles. The molecule has 1 aliphatic rings. The van der Waals surface area contributed by atoms with Crippen molar-refractivity contribution in [1.29, 1.82) is 0 Å². The molecule has 1 atom stereocenters. The van der Waals surface area contributed by atoms with Crippen molar-refractivity contribution < 1.29 is 17.9 Å². The highest BCUT2D eigenvalue weighted by atomic mass is 35.5. The zero-order valence-electron chi connectivity index (χ0n) is 13.4. The van der Waals surface area contributed by atoms with Gasteiger partial charge in [0.2, 0.25) is 10.0 Å². The molecule has 0 saturated carbocycles. The topological polar surface area (TPSA) is 64.6 Å². The fourth-order valence-electron chi connectivity index (χ4n) is 2.79. The number of hydrogen-bond acceptors (Lipinski definition) is 4. The molecule has 2 aromatic rings. The van der Waals surface area contributed by atoms with Gasteiger partial charge in [-0.3, -0.25) is 0 Å². The van der Waals surface area contributed by atoms with Crippen LogP contribution in [0.5, 0.6) is 11.5 Å². The molecule has 1 aliphatic heterocycles. The summed E-state index contributed by atoms with van der Waals surface area (Å²) in [5, 5.41) is 0.424. The summed E-state index contributed by atoms with van der Waals surface area (Å²) in [5.74, 6) is 1.33. The predicted octanol–water partition coefficient (Wildman–Crippen LogP) is 2.94. The maximum atomic E-state index is 12.7. The Bertz CT molecular complexity index is 867. The lowest BCUT2D eigenvalue weighted by Crippen LogP contribution is -2.42. The van der Waals surface area contributed by atoms with Gasteiger partial charge in [0.05, 0.1) is 18.0 Å². The fraction of sp³-hybridized carbons (Fsp3) is 0.294. The van der Waals surface area contributed by atoms with E-state index in [4.69, 9.17) is 21.1 Å². The van der Waals surface area contributed by atoms with Gasteiger partial charge in [-0.15, -0.1) is 0 Å². The number of para-hydroxylation sites is 1. The Hall–Kier alpha value is -1.76. The number of nitrogens with one attached hydrogen (secondary N) is 1. The van der Waals surface area contributed by atoms with Crippen LogP contribution >= 0.6 is 11.6 Å². The van der Waals surface area contributed by atoms with Gasteiger partial charge >= 0.3 is 0 Å². The van der Waals surface area contributed by atoms with Crippen LogP contribution in [0.1, 0.15) is 11.1 Å². The molecule has 7 heteroatoms. The van der Waals surface area contributed by atoms with E-state index < -0.39 is 10.0 Å². The summed E-state index contributed by atoms with van der Waals surface area (Å²) < 4.78 is 39.0. The highest BCUT2D eigenvalue weighted by molar-refractivity contribution is 7.89. The Balaban J connectivity index is 1.83. The van der Waals surface area contributed by atoms with Gasteiger partial charge in [-0.1, -0.05) is 29.8 Å². The Kier molecular flexibility index (Phi) is 4.71. The van der Waals surface area contributed by atoms with Gasteiger partial charge in [0, 0.05) is 5.02 Å². The number of halogens is 1. The molecule has 128 valence electrons. The number of methoxy groups -OCH3 is 1. The van der Waals surface area contributed by atoms with Gasteiger partial charge in [-0.25, -0.2) is 13.1 Å². The summed E-state index contributed by atoms with van der Waals surface area (Å²) in [5.41, 5.74) is 1.45. The number of rotatable bonds is 4. The average Bonchev–Trinajstić information content (AvgIpc) is 2.56. The first kappa shape index (κ1) is 17.1. The van der Waals surface area contributed by atoms with Gasteiger partial charge in [-0.2, -0.15) is 0 Å². The van der Waals surface area contributed by atoms with E-state index in [9.17, 15) is 8.42 Å². The largest absolute Gasteiger partial charge is 0.493 e. The third-order valence-corrected chi connectivity index (χ3v) is 6.08. The van der Waals surface area contributed by atoms with Crippen molar-refractivity contribution >= 4 is 21.6 Å². The highest BCUT2D eigenvalue weighted by Gasteiger charge is 2.28. The van der Waals surface area contributed by atoms with E-state index >= 15 is 0 Å². The van der Waals surface area contributed by atoms with Gasteiger partial charge < -0.3 is 9.47 Å². The molecule has 0 amide bonds. The van der Waals surface area contributed by atoms with Crippen LogP contribution in [0, 0.1) is 6.92 Å². The second kappa shape index (κ2) is 6.63. The van der Waals surface area contributed by atoms with Gasteiger partial charge in [0.1, 0.15) is 6.61 Å². The van der Waals surface area contributed by atoms with Crippen molar-refractivity contribution in [3.8, 4) is 11.5 Å². The van der Waals surface area contributed by atoms with Crippen molar-refractivity contribution in [2.24, 2.45) is 0 Å². The molecule has 5 nitrogen and oxygen atoms in total. The van der Waals surface area contributed by atoms with E-state index in [2.05, 4.69) is 4.72 Å². The van der Waals surface area contributed by atoms with Crippen molar-refractivity contribution in [3.63, 3.8) is 0 Å². The summed E-state index contributed by atoms with van der Waals surface area (Å²) in [6.07, 6.45) is 0.533. The molecule has 0 fully saturated rings. The number of sulfonamides is 1. The number of hydrogen-bond donors (Lipinski definition) is 1. The number of fused-ring (bicyclic) bond motifs is 1. The van der Waals surface area contributed by atoms with Crippen LogP contribution in [0.4, 0.5) is 0 Å². The third-order valence-electron chi connectivity index (χ3n) is 4.00. The van der Waals surface area contributed by atoms with E-state index in [1.54, 1.807) is 32.2 Å². The highest BCUT2D eigenvalue weighted by Crippen LogP contribution is 2.35. The SMILES string of the molecule is COc1cccc2c1OCC(NS(=O)(=O)c1cccc(Cl)c1C)C2. The van der Waals surface area contributed by atoms with Gasteiger partial charge in [0.25, 0.3) is 0 Å². The average molecular weight is 368 g/mol. The molecule has 0 bridgehead atoms.